The Balaban J connectivity index is 1.72. The lowest BCUT2D eigenvalue weighted by Gasteiger charge is -2.13. The minimum atomic E-state index is -0.439. The Morgan fingerprint density at radius 1 is 1.16 bits per heavy atom. The number of rotatable bonds is 9. The summed E-state index contributed by atoms with van der Waals surface area (Å²) in [5.41, 5.74) is 1.46. The highest BCUT2D eigenvalue weighted by atomic mass is 32.1. The summed E-state index contributed by atoms with van der Waals surface area (Å²) >= 11 is 1.53. The molecule has 0 radical (unpaired) electrons. The van der Waals surface area contributed by atoms with Crippen molar-refractivity contribution in [1.82, 2.24) is 5.32 Å². The summed E-state index contributed by atoms with van der Waals surface area (Å²) in [6, 6.07) is 17.0. The van der Waals surface area contributed by atoms with Crippen molar-refractivity contribution < 1.29 is 18.7 Å². The molecular weight excluding hydrogens is 415 g/mol. The zero-order chi connectivity index (χ0) is 22.1. The highest BCUT2D eigenvalue weighted by molar-refractivity contribution is 7.09. The molecule has 0 bridgehead atoms. The molecule has 0 fully saturated rings. The molecule has 0 aliphatic rings. The number of amides is 1. The SMILES string of the molecule is CCOc1cc(/C=C(\C#N)C(=O)NCc2cccs2)ccc1OCc1ccc(F)cc1. The average molecular weight is 437 g/mol. The molecule has 5 nitrogen and oxygen atoms in total. The lowest BCUT2D eigenvalue weighted by molar-refractivity contribution is -0.117. The molecule has 0 aliphatic heterocycles. The number of halogens is 1. The van der Waals surface area contributed by atoms with E-state index in [1.54, 1.807) is 30.3 Å². The fourth-order valence-corrected chi connectivity index (χ4v) is 3.38. The van der Waals surface area contributed by atoms with Crippen LogP contribution >= 0.6 is 11.3 Å². The zero-order valence-corrected chi connectivity index (χ0v) is 17.7. The van der Waals surface area contributed by atoms with Gasteiger partial charge in [0, 0.05) is 4.88 Å². The topological polar surface area (TPSA) is 71.3 Å². The molecule has 0 spiro atoms. The van der Waals surface area contributed by atoms with Gasteiger partial charge in [0.2, 0.25) is 0 Å². The summed E-state index contributed by atoms with van der Waals surface area (Å²) in [5.74, 6) is 0.270. The summed E-state index contributed by atoms with van der Waals surface area (Å²) in [7, 11) is 0. The second-order valence-corrected chi connectivity index (χ2v) is 7.52. The first-order valence-electron chi connectivity index (χ1n) is 9.65. The normalized spacial score (nSPS) is 10.9. The van der Waals surface area contributed by atoms with E-state index in [9.17, 15) is 14.4 Å². The number of nitrogens with zero attached hydrogens (tertiary/aromatic N) is 1. The molecule has 0 aliphatic carbocycles. The van der Waals surface area contributed by atoms with Crippen molar-refractivity contribution >= 4 is 23.3 Å². The van der Waals surface area contributed by atoms with Crippen LogP contribution in [0.15, 0.2) is 65.6 Å². The van der Waals surface area contributed by atoms with Crippen LogP contribution in [0.25, 0.3) is 6.08 Å². The van der Waals surface area contributed by atoms with Gasteiger partial charge in [-0.15, -0.1) is 11.3 Å². The van der Waals surface area contributed by atoms with E-state index in [1.807, 2.05) is 30.5 Å². The van der Waals surface area contributed by atoms with Crippen LogP contribution in [0.1, 0.15) is 22.9 Å². The van der Waals surface area contributed by atoms with Crippen LogP contribution in [-0.2, 0) is 17.9 Å². The van der Waals surface area contributed by atoms with Crippen molar-refractivity contribution in [2.45, 2.75) is 20.1 Å². The molecule has 1 N–H and O–H groups in total. The molecule has 3 aromatic rings. The third kappa shape index (κ3) is 6.43. The molecule has 1 amide bonds. The largest absolute Gasteiger partial charge is 0.490 e. The number of carbonyl (C=O) groups is 1. The molecule has 0 saturated carbocycles. The molecule has 7 heteroatoms. The van der Waals surface area contributed by atoms with Crippen molar-refractivity contribution in [3.63, 3.8) is 0 Å². The van der Waals surface area contributed by atoms with Gasteiger partial charge in [-0.2, -0.15) is 5.26 Å². The summed E-state index contributed by atoms with van der Waals surface area (Å²) in [5, 5.41) is 14.1. The maximum atomic E-state index is 13.1. The smallest absolute Gasteiger partial charge is 0.262 e. The third-order valence-electron chi connectivity index (χ3n) is 4.25. The molecule has 1 aromatic heterocycles. The standard InChI is InChI=1S/C24H21FN2O3S/c1-2-29-23-13-18(7-10-22(23)30-16-17-5-8-20(25)9-6-17)12-19(14-26)24(28)27-15-21-4-3-11-31-21/h3-13H,2,15-16H2,1H3,(H,27,28)/b19-12+. The summed E-state index contributed by atoms with van der Waals surface area (Å²) in [6.07, 6.45) is 1.51. The lowest BCUT2D eigenvalue weighted by Crippen LogP contribution is -2.23. The van der Waals surface area contributed by atoms with Crippen molar-refractivity contribution in [2.24, 2.45) is 0 Å². The van der Waals surface area contributed by atoms with Crippen LogP contribution in [-0.4, -0.2) is 12.5 Å². The number of benzene rings is 2. The Morgan fingerprint density at radius 2 is 1.97 bits per heavy atom. The molecule has 3 rings (SSSR count). The molecule has 2 aromatic carbocycles. The van der Waals surface area contributed by atoms with Gasteiger partial charge in [0.25, 0.3) is 5.91 Å². The van der Waals surface area contributed by atoms with Crippen LogP contribution in [0.4, 0.5) is 4.39 Å². The van der Waals surface area contributed by atoms with Crippen LogP contribution in [0, 0.1) is 17.1 Å². The number of thiophene rings is 1. The predicted octanol–water partition coefficient (Wildman–Crippen LogP) is 5.09. The first-order valence-corrected chi connectivity index (χ1v) is 10.5. The van der Waals surface area contributed by atoms with Gasteiger partial charge in [0.1, 0.15) is 24.1 Å². The molecular formula is C24H21FN2O3S. The Bertz CT molecular complexity index is 1090. The van der Waals surface area contributed by atoms with Crippen LogP contribution < -0.4 is 14.8 Å². The molecule has 158 valence electrons. The first kappa shape index (κ1) is 22.1. The number of hydrogen-bond acceptors (Lipinski definition) is 5. The number of hydrogen-bond donors (Lipinski definition) is 1. The van der Waals surface area contributed by atoms with Crippen molar-refractivity contribution in [3.8, 4) is 17.6 Å². The molecule has 31 heavy (non-hydrogen) atoms. The summed E-state index contributed by atoms with van der Waals surface area (Å²) in [6.45, 7) is 2.90. The third-order valence-corrected chi connectivity index (χ3v) is 5.13. The quantitative estimate of drug-likeness (QED) is 0.375. The van der Waals surface area contributed by atoms with Crippen LogP contribution in [0.5, 0.6) is 11.5 Å². The van der Waals surface area contributed by atoms with Crippen molar-refractivity contribution in [2.75, 3.05) is 6.61 Å². The van der Waals surface area contributed by atoms with Gasteiger partial charge in [-0.05, 0) is 59.8 Å². The summed E-state index contributed by atoms with van der Waals surface area (Å²) < 4.78 is 24.5. The second-order valence-electron chi connectivity index (χ2n) is 6.49. The van der Waals surface area contributed by atoms with Crippen molar-refractivity contribution in [1.29, 1.82) is 5.26 Å². The zero-order valence-electron chi connectivity index (χ0n) is 16.9. The Hall–Kier alpha value is -3.63. The van der Waals surface area contributed by atoms with Crippen LogP contribution in [0.2, 0.25) is 0 Å². The van der Waals surface area contributed by atoms with E-state index >= 15 is 0 Å². The predicted molar refractivity (Wildman–Crippen MR) is 118 cm³/mol. The van der Waals surface area contributed by atoms with Gasteiger partial charge in [0.05, 0.1) is 13.2 Å². The number of ether oxygens (including phenoxy) is 2. The average Bonchev–Trinajstić information content (AvgIpc) is 3.30. The summed E-state index contributed by atoms with van der Waals surface area (Å²) in [4.78, 5) is 13.4. The van der Waals surface area contributed by atoms with Gasteiger partial charge in [-0.1, -0.05) is 24.3 Å². The maximum Gasteiger partial charge on any atom is 0.262 e. The minimum Gasteiger partial charge on any atom is -0.490 e. The molecule has 0 atom stereocenters. The van der Waals surface area contributed by atoms with Gasteiger partial charge in [0.15, 0.2) is 11.5 Å². The van der Waals surface area contributed by atoms with E-state index in [2.05, 4.69) is 5.32 Å². The monoisotopic (exact) mass is 436 g/mol. The van der Waals surface area contributed by atoms with Gasteiger partial charge >= 0.3 is 0 Å². The lowest BCUT2D eigenvalue weighted by atomic mass is 10.1. The Morgan fingerprint density at radius 3 is 2.65 bits per heavy atom. The Kier molecular flexibility index (Phi) is 7.79. The van der Waals surface area contributed by atoms with Gasteiger partial charge in [-0.3, -0.25) is 4.79 Å². The second kappa shape index (κ2) is 11.0. The van der Waals surface area contributed by atoms with E-state index in [4.69, 9.17) is 9.47 Å². The van der Waals surface area contributed by atoms with Gasteiger partial charge in [-0.25, -0.2) is 4.39 Å². The van der Waals surface area contributed by atoms with E-state index in [1.165, 1.54) is 29.5 Å². The van der Waals surface area contributed by atoms with Crippen molar-refractivity contribution in [3.05, 3.63) is 87.4 Å². The van der Waals surface area contributed by atoms with E-state index < -0.39 is 5.91 Å². The fourth-order valence-electron chi connectivity index (χ4n) is 2.73. The number of carbonyl (C=O) groups excluding carboxylic acids is 1. The van der Waals surface area contributed by atoms with Crippen LogP contribution in [0.3, 0.4) is 0 Å². The molecule has 0 saturated heterocycles. The highest BCUT2D eigenvalue weighted by Gasteiger charge is 2.11. The van der Waals surface area contributed by atoms with E-state index in [-0.39, 0.29) is 18.0 Å². The first-order chi connectivity index (χ1) is 15.1. The van der Waals surface area contributed by atoms with E-state index in [0.29, 0.717) is 30.2 Å². The highest BCUT2D eigenvalue weighted by Crippen LogP contribution is 2.30. The van der Waals surface area contributed by atoms with Gasteiger partial charge < -0.3 is 14.8 Å². The Labute approximate surface area is 184 Å². The number of nitrogens with one attached hydrogen (secondary N) is 1. The molecule has 0 unspecified atom stereocenters. The minimum absolute atomic E-state index is 0.000940. The number of nitriles is 1. The van der Waals surface area contributed by atoms with E-state index in [0.717, 1.165) is 10.4 Å². The fraction of sp³-hybridized carbons (Fsp3) is 0.167. The maximum absolute atomic E-state index is 13.1. The molecule has 1 heterocycles.